The van der Waals surface area contributed by atoms with E-state index in [0.29, 0.717) is 17.1 Å². The Hall–Kier alpha value is -2.30. The molecule has 0 aliphatic rings. The van der Waals surface area contributed by atoms with Gasteiger partial charge in [-0.25, -0.2) is 0 Å². The number of carboxylic acid groups (broad SMARTS) is 1. The van der Waals surface area contributed by atoms with E-state index in [1.54, 1.807) is 25.4 Å². The fourth-order valence-electron chi connectivity index (χ4n) is 1.85. The summed E-state index contributed by atoms with van der Waals surface area (Å²) >= 11 is 0. The quantitative estimate of drug-likeness (QED) is 0.787. The number of pyridine rings is 1. The number of aromatic nitrogens is 1. The second kappa shape index (κ2) is 4.91. The van der Waals surface area contributed by atoms with E-state index in [2.05, 4.69) is 4.98 Å². The molecule has 0 radical (unpaired) electrons. The third-order valence-corrected chi connectivity index (χ3v) is 2.68. The summed E-state index contributed by atoms with van der Waals surface area (Å²) in [5, 5.41) is 12.3. The first-order chi connectivity index (χ1) is 8.65. The zero-order chi connectivity index (χ0) is 13.1. The van der Waals surface area contributed by atoms with Crippen molar-refractivity contribution in [3.05, 3.63) is 30.1 Å². The predicted octanol–water partition coefficient (Wildman–Crippen LogP) is 0.544. The summed E-state index contributed by atoms with van der Waals surface area (Å²) < 4.78 is 10.4. The fraction of sp³-hybridized carbons (Fsp3) is 0.231. The van der Waals surface area contributed by atoms with Gasteiger partial charge in [0.2, 0.25) is 0 Å². The van der Waals surface area contributed by atoms with Gasteiger partial charge in [-0.3, -0.25) is 4.98 Å². The minimum atomic E-state index is -1.14. The summed E-state index contributed by atoms with van der Waals surface area (Å²) in [7, 11) is 3.07. The number of fused-ring (bicyclic) bond motifs is 1. The second-order valence-corrected chi connectivity index (χ2v) is 3.78. The lowest BCUT2D eigenvalue weighted by Crippen LogP contribution is -2.24. The lowest BCUT2D eigenvalue weighted by atomic mass is 10.0. The maximum atomic E-state index is 10.7. The van der Waals surface area contributed by atoms with E-state index < -0.39 is 5.97 Å². The third-order valence-electron chi connectivity index (χ3n) is 2.68. The van der Waals surface area contributed by atoms with E-state index in [4.69, 9.17) is 9.47 Å². The molecule has 1 heterocycles. The Bertz CT molecular complexity index is 595. The van der Waals surface area contributed by atoms with Crippen LogP contribution in [0.4, 0.5) is 0 Å². The number of nitrogens with zero attached hydrogens (tertiary/aromatic N) is 1. The standard InChI is InChI=1S/C13H13NO4/c1-17-11-3-8-6-14-7-9(4-13(15)16)10(8)5-12(11)18-2/h3,5-7H,4H2,1-2H3,(H,15,16)/p-1. The predicted molar refractivity (Wildman–Crippen MR) is 63.6 cm³/mol. The molecule has 0 aliphatic carbocycles. The number of methoxy groups -OCH3 is 2. The second-order valence-electron chi connectivity index (χ2n) is 3.78. The zero-order valence-corrected chi connectivity index (χ0v) is 10.1. The zero-order valence-electron chi connectivity index (χ0n) is 10.1. The molecular formula is C13H12NO4-. The van der Waals surface area contributed by atoms with Crippen molar-refractivity contribution in [1.82, 2.24) is 4.98 Å². The SMILES string of the molecule is COc1cc2cncc(CC(=O)[O-])c2cc1OC. The molecule has 0 spiro atoms. The van der Waals surface area contributed by atoms with Gasteiger partial charge in [0.15, 0.2) is 11.5 Å². The lowest BCUT2D eigenvalue weighted by molar-refractivity contribution is -0.304. The molecule has 0 atom stereocenters. The molecule has 0 aliphatic heterocycles. The first-order valence-electron chi connectivity index (χ1n) is 5.34. The number of carbonyl (C=O) groups excluding carboxylic acids is 1. The number of hydrogen-bond donors (Lipinski definition) is 0. The molecule has 0 amide bonds. The number of carboxylic acids is 1. The number of hydrogen-bond acceptors (Lipinski definition) is 5. The van der Waals surface area contributed by atoms with Gasteiger partial charge in [0, 0.05) is 30.2 Å². The van der Waals surface area contributed by atoms with Crippen LogP contribution in [0, 0.1) is 0 Å². The highest BCUT2D eigenvalue weighted by Crippen LogP contribution is 2.33. The monoisotopic (exact) mass is 246 g/mol. The van der Waals surface area contributed by atoms with Gasteiger partial charge < -0.3 is 19.4 Å². The van der Waals surface area contributed by atoms with Crippen molar-refractivity contribution in [1.29, 1.82) is 0 Å². The minimum absolute atomic E-state index is 0.181. The van der Waals surface area contributed by atoms with Gasteiger partial charge in [-0.1, -0.05) is 0 Å². The first-order valence-corrected chi connectivity index (χ1v) is 5.34. The van der Waals surface area contributed by atoms with Crippen molar-refractivity contribution in [2.45, 2.75) is 6.42 Å². The maximum Gasteiger partial charge on any atom is 0.161 e. The Morgan fingerprint density at radius 3 is 2.50 bits per heavy atom. The van der Waals surface area contributed by atoms with Crippen LogP contribution in [0.15, 0.2) is 24.5 Å². The molecule has 0 fully saturated rings. The van der Waals surface area contributed by atoms with Gasteiger partial charge in [0.25, 0.3) is 0 Å². The van der Waals surface area contributed by atoms with Crippen LogP contribution in [0.1, 0.15) is 5.56 Å². The topological polar surface area (TPSA) is 71.5 Å². The highest BCUT2D eigenvalue weighted by atomic mass is 16.5. The summed E-state index contributed by atoms with van der Waals surface area (Å²) in [5.74, 6) is -0.00715. The van der Waals surface area contributed by atoms with Crippen molar-refractivity contribution in [3.8, 4) is 11.5 Å². The number of carbonyl (C=O) groups is 1. The smallest absolute Gasteiger partial charge is 0.161 e. The van der Waals surface area contributed by atoms with Crippen molar-refractivity contribution in [3.63, 3.8) is 0 Å². The molecule has 5 heteroatoms. The van der Waals surface area contributed by atoms with Crippen molar-refractivity contribution in [2.75, 3.05) is 14.2 Å². The molecule has 1 aromatic carbocycles. The summed E-state index contributed by atoms with van der Waals surface area (Å²) in [6, 6.07) is 3.51. The largest absolute Gasteiger partial charge is 0.550 e. The van der Waals surface area contributed by atoms with Crippen molar-refractivity contribution >= 4 is 16.7 Å². The first kappa shape index (κ1) is 12.2. The Balaban J connectivity index is 2.64. The Kier molecular flexibility index (Phi) is 3.32. The molecular weight excluding hydrogens is 234 g/mol. The Labute approximate surface area is 104 Å². The molecule has 0 bridgehead atoms. The van der Waals surface area contributed by atoms with Crippen LogP contribution in [0.5, 0.6) is 11.5 Å². The van der Waals surface area contributed by atoms with Crippen LogP contribution in [0.2, 0.25) is 0 Å². The molecule has 1 aromatic heterocycles. The van der Waals surface area contributed by atoms with Crippen LogP contribution < -0.4 is 14.6 Å². The molecule has 5 nitrogen and oxygen atoms in total. The van der Waals surface area contributed by atoms with Gasteiger partial charge in [-0.15, -0.1) is 0 Å². The Morgan fingerprint density at radius 2 is 1.89 bits per heavy atom. The van der Waals surface area contributed by atoms with Crippen molar-refractivity contribution in [2.24, 2.45) is 0 Å². The maximum absolute atomic E-state index is 10.7. The molecule has 94 valence electrons. The highest BCUT2D eigenvalue weighted by molar-refractivity contribution is 5.90. The van der Waals surface area contributed by atoms with Gasteiger partial charge in [0.1, 0.15) is 0 Å². The Morgan fingerprint density at radius 1 is 1.22 bits per heavy atom. The number of aliphatic carboxylic acids is 1. The fourth-order valence-corrected chi connectivity index (χ4v) is 1.85. The average molecular weight is 246 g/mol. The van der Waals surface area contributed by atoms with Crippen LogP contribution in [-0.4, -0.2) is 25.2 Å². The summed E-state index contributed by atoms with van der Waals surface area (Å²) in [6.07, 6.45) is 2.99. The van der Waals surface area contributed by atoms with Crippen LogP contribution in [0.25, 0.3) is 10.8 Å². The lowest BCUT2D eigenvalue weighted by Gasteiger charge is -2.11. The van der Waals surface area contributed by atoms with E-state index in [1.165, 1.54) is 13.3 Å². The molecule has 0 unspecified atom stereocenters. The average Bonchev–Trinajstić information content (AvgIpc) is 2.37. The van der Waals surface area contributed by atoms with Gasteiger partial charge >= 0.3 is 0 Å². The molecule has 2 rings (SSSR count). The molecule has 0 saturated carbocycles. The number of ether oxygens (including phenoxy) is 2. The normalized spacial score (nSPS) is 10.3. The van der Waals surface area contributed by atoms with E-state index in [9.17, 15) is 9.90 Å². The summed E-state index contributed by atoms with van der Waals surface area (Å²) in [6.45, 7) is 0. The summed E-state index contributed by atoms with van der Waals surface area (Å²) in [4.78, 5) is 14.7. The van der Waals surface area contributed by atoms with E-state index in [0.717, 1.165) is 10.8 Å². The number of rotatable bonds is 4. The van der Waals surface area contributed by atoms with Crippen LogP contribution in [-0.2, 0) is 11.2 Å². The molecule has 0 N–H and O–H groups in total. The molecule has 0 saturated heterocycles. The van der Waals surface area contributed by atoms with Crippen LogP contribution >= 0.6 is 0 Å². The van der Waals surface area contributed by atoms with E-state index >= 15 is 0 Å². The van der Waals surface area contributed by atoms with Gasteiger partial charge in [-0.2, -0.15) is 0 Å². The summed E-state index contributed by atoms with van der Waals surface area (Å²) in [5.41, 5.74) is 0.591. The molecule has 2 aromatic rings. The van der Waals surface area contributed by atoms with Crippen molar-refractivity contribution < 1.29 is 19.4 Å². The molecule has 18 heavy (non-hydrogen) atoms. The van der Waals surface area contributed by atoms with Crippen LogP contribution in [0.3, 0.4) is 0 Å². The van der Waals surface area contributed by atoms with Gasteiger partial charge in [0.05, 0.1) is 14.2 Å². The number of benzene rings is 1. The van der Waals surface area contributed by atoms with E-state index in [1.807, 2.05) is 0 Å². The highest BCUT2D eigenvalue weighted by Gasteiger charge is 2.09. The van der Waals surface area contributed by atoms with E-state index in [-0.39, 0.29) is 6.42 Å². The minimum Gasteiger partial charge on any atom is -0.550 e. The van der Waals surface area contributed by atoms with Gasteiger partial charge in [-0.05, 0) is 23.1 Å². The third kappa shape index (κ3) is 2.20.